The number of aromatic nitrogens is 2. The molecule has 5 heteroatoms. The van der Waals surface area contributed by atoms with Gasteiger partial charge in [0.1, 0.15) is 11.5 Å². The summed E-state index contributed by atoms with van der Waals surface area (Å²) >= 11 is 5.61. The van der Waals surface area contributed by atoms with Gasteiger partial charge in [-0.2, -0.15) is 5.26 Å². The third-order valence-corrected chi connectivity index (χ3v) is 2.17. The summed E-state index contributed by atoms with van der Waals surface area (Å²) in [6.45, 7) is 0. The van der Waals surface area contributed by atoms with Crippen molar-refractivity contribution in [2.45, 2.75) is 0 Å². The molecular formula is C13H5ClFN3. The minimum absolute atomic E-state index is 0.0961. The average molecular weight is 258 g/mol. The van der Waals surface area contributed by atoms with Gasteiger partial charge in [0.25, 0.3) is 0 Å². The average Bonchev–Trinajstić information content (AvgIpc) is 2.36. The Kier molecular flexibility index (Phi) is 3.52. The molecular weight excluding hydrogens is 253 g/mol. The highest BCUT2D eigenvalue weighted by molar-refractivity contribution is 6.28. The first-order valence-corrected chi connectivity index (χ1v) is 5.26. The number of benzene rings is 1. The van der Waals surface area contributed by atoms with Crippen LogP contribution < -0.4 is 0 Å². The Bertz CT molecular complexity index is 695. The maximum absolute atomic E-state index is 13.1. The zero-order chi connectivity index (χ0) is 13.0. The third-order valence-electron chi connectivity index (χ3n) is 1.99. The van der Waals surface area contributed by atoms with E-state index in [1.165, 1.54) is 18.3 Å². The molecule has 0 aliphatic carbocycles. The molecule has 18 heavy (non-hydrogen) atoms. The first-order valence-electron chi connectivity index (χ1n) is 4.88. The quantitative estimate of drug-likeness (QED) is 0.538. The van der Waals surface area contributed by atoms with Gasteiger partial charge in [0.05, 0.1) is 11.6 Å². The SMILES string of the molecule is N#Cc1cc(F)cc(C#Cc2ccnc(Cl)n2)c1. The van der Waals surface area contributed by atoms with E-state index in [2.05, 4.69) is 21.8 Å². The van der Waals surface area contributed by atoms with Gasteiger partial charge in [-0.1, -0.05) is 5.92 Å². The van der Waals surface area contributed by atoms with Gasteiger partial charge >= 0.3 is 0 Å². The van der Waals surface area contributed by atoms with Gasteiger partial charge in [0.2, 0.25) is 5.28 Å². The normalized spacial score (nSPS) is 9.17. The van der Waals surface area contributed by atoms with E-state index in [-0.39, 0.29) is 10.8 Å². The molecule has 2 aromatic rings. The molecule has 1 aromatic heterocycles. The number of hydrogen-bond donors (Lipinski definition) is 0. The summed E-state index contributed by atoms with van der Waals surface area (Å²) < 4.78 is 13.1. The van der Waals surface area contributed by atoms with Crippen LogP contribution in [0.3, 0.4) is 0 Å². The largest absolute Gasteiger partial charge is 0.226 e. The minimum Gasteiger partial charge on any atom is -0.226 e. The van der Waals surface area contributed by atoms with E-state index in [4.69, 9.17) is 16.9 Å². The summed E-state index contributed by atoms with van der Waals surface area (Å²) in [7, 11) is 0. The van der Waals surface area contributed by atoms with Gasteiger partial charge < -0.3 is 0 Å². The lowest BCUT2D eigenvalue weighted by Crippen LogP contribution is -1.86. The summed E-state index contributed by atoms with van der Waals surface area (Å²) in [5.41, 5.74) is 1.05. The van der Waals surface area contributed by atoms with Crippen LogP contribution in [0.2, 0.25) is 5.28 Å². The fraction of sp³-hybridized carbons (Fsp3) is 0. The highest BCUT2D eigenvalue weighted by Gasteiger charge is 1.98. The van der Waals surface area contributed by atoms with E-state index in [9.17, 15) is 4.39 Å². The summed E-state index contributed by atoms with van der Waals surface area (Å²) in [5.74, 6) is 4.93. The van der Waals surface area contributed by atoms with Crippen molar-refractivity contribution in [1.82, 2.24) is 9.97 Å². The van der Waals surface area contributed by atoms with Crippen molar-refractivity contribution < 1.29 is 4.39 Å². The Labute approximate surface area is 108 Å². The van der Waals surface area contributed by atoms with Crippen LogP contribution in [-0.4, -0.2) is 9.97 Å². The molecule has 0 saturated carbocycles. The molecule has 0 bridgehead atoms. The molecule has 3 nitrogen and oxygen atoms in total. The van der Waals surface area contributed by atoms with Gasteiger partial charge in [-0.15, -0.1) is 0 Å². The zero-order valence-corrected chi connectivity index (χ0v) is 9.74. The van der Waals surface area contributed by atoms with Crippen LogP contribution in [0.25, 0.3) is 0 Å². The van der Waals surface area contributed by atoms with E-state index in [1.807, 2.05) is 6.07 Å². The summed E-state index contributed by atoms with van der Waals surface area (Å²) in [5, 5.41) is 8.80. The van der Waals surface area contributed by atoms with Crippen LogP contribution in [0.5, 0.6) is 0 Å². The van der Waals surface area contributed by atoms with E-state index >= 15 is 0 Å². The zero-order valence-electron chi connectivity index (χ0n) is 8.98. The second-order valence-corrected chi connectivity index (χ2v) is 3.64. The number of halogens is 2. The molecule has 0 atom stereocenters. The highest BCUT2D eigenvalue weighted by Crippen LogP contribution is 2.07. The molecule has 2 rings (SSSR count). The smallest absolute Gasteiger partial charge is 0.223 e. The second kappa shape index (κ2) is 5.27. The first-order chi connectivity index (χ1) is 8.67. The van der Waals surface area contributed by atoms with E-state index in [1.54, 1.807) is 6.07 Å². The fourth-order valence-corrected chi connectivity index (χ4v) is 1.41. The molecule has 0 unspecified atom stereocenters. The molecule has 0 N–H and O–H groups in total. The fourth-order valence-electron chi connectivity index (χ4n) is 1.27. The Hall–Kier alpha value is -2.43. The van der Waals surface area contributed by atoms with Crippen molar-refractivity contribution >= 4 is 11.6 Å². The van der Waals surface area contributed by atoms with E-state index in [0.717, 1.165) is 6.07 Å². The van der Waals surface area contributed by atoms with Crippen LogP contribution in [0.1, 0.15) is 16.8 Å². The number of hydrogen-bond acceptors (Lipinski definition) is 3. The summed E-state index contributed by atoms with van der Waals surface area (Å²) in [4.78, 5) is 7.60. The Balaban J connectivity index is 2.36. The van der Waals surface area contributed by atoms with Gasteiger partial charge in [0, 0.05) is 11.8 Å². The van der Waals surface area contributed by atoms with Crippen LogP contribution >= 0.6 is 11.6 Å². The molecule has 0 spiro atoms. The van der Waals surface area contributed by atoms with Crippen molar-refractivity contribution in [2.75, 3.05) is 0 Å². The maximum atomic E-state index is 13.1. The standard InChI is InChI=1S/C13H5ClFN3/c14-13-17-4-3-12(18-13)2-1-9-5-10(8-16)7-11(15)6-9/h3-7H. The summed E-state index contributed by atoms with van der Waals surface area (Å²) in [6.07, 6.45) is 1.48. The Morgan fingerprint density at radius 1 is 1.17 bits per heavy atom. The van der Waals surface area contributed by atoms with Gasteiger partial charge in [-0.3, -0.25) is 0 Å². The van der Waals surface area contributed by atoms with Crippen molar-refractivity contribution in [3.63, 3.8) is 0 Å². The number of rotatable bonds is 0. The lowest BCUT2D eigenvalue weighted by Gasteiger charge is -1.93. The van der Waals surface area contributed by atoms with Crippen molar-refractivity contribution in [1.29, 1.82) is 5.26 Å². The summed E-state index contributed by atoms with van der Waals surface area (Å²) in [6, 6.07) is 7.34. The van der Waals surface area contributed by atoms with Crippen LogP contribution in [-0.2, 0) is 0 Å². The predicted octanol–water partition coefficient (Wildman–Crippen LogP) is 2.54. The molecule has 0 amide bonds. The monoisotopic (exact) mass is 257 g/mol. The molecule has 1 aromatic carbocycles. The van der Waals surface area contributed by atoms with Crippen LogP contribution in [0.4, 0.5) is 4.39 Å². The van der Waals surface area contributed by atoms with Crippen LogP contribution in [0.15, 0.2) is 30.5 Å². The highest BCUT2D eigenvalue weighted by atomic mass is 35.5. The molecule has 86 valence electrons. The molecule has 0 fully saturated rings. The van der Waals surface area contributed by atoms with Crippen molar-refractivity contribution in [2.24, 2.45) is 0 Å². The maximum Gasteiger partial charge on any atom is 0.223 e. The molecule has 1 heterocycles. The van der Waals surface area contributed by atoms with Gasteiger partial charge in [-0.05, 0) is 41.8 Å². The van der Waals surface area contributed by atoms with Gasteiger partial charge in [-0.25, -0.2) is 14.4 Å². The Morgan fingerprint density at radius 2 is 1.94 bits per heavy atom. The molecule has 0 saturated heterocycles. The van der Waals surface area contributed by atoms with E-state index in [0.29, 0.717) is 11.3 Å². The lowest BCUT2D eigenvalue weighted by atomic mass is 10.1. The predicted molar refractivity (Wildman–Crippen MR) is 64.1 cm³/mol. The van der Waals surface area contributed by atoms with Crippen molar-refractivity contribution in [3.05, 3.63) is 58.4 Å². The second-order valence-electron chi connectivity index (χ2n) is 3.30. The first kappa shape index (κ1) is 12.0. The molecule has 0 radical (unpaired) electrons. The van der Waals surface area contributed by atoms with Gasteiger partial charge in [0.15, 0.2) is 0 Å². The third kappa shape index (κ3) is 3.04. The molecule has 0 aliphatic heterocycles. The van der Waals surface area contributed by atoms with Crippen molar-refractivity contribution in [3.8, 4) is 17.9 Å². The number of nitriles is 1. The molecule has 0 aliphatic rings. The lowest BCUT2D eigenvalue weighted by molar-refractivity contribution is 0.627. The number of nitrogens with zero attached hydrogens (tertiary/aromatic N) is 3. The minimum atomic E-state index is -0.501. The topological polar surface area (TPSA) is 49.6 Å². The van der Waals surface area contributed by atoms with E-state index < -0.39 is 5.82 Å². The van der Waals surface area contributed by atoms with Crippen LogP contribution in [0, 0.1) is 29.0 Å². The Morgan fingerprint density at radius 3 is 2.67 bits per heavy atom.